The van der Waals surface area contributed by atoms with E-state index >= 15 is 0 Å². The van der Waals surface area contributed by atoms with Crippen LogP contribution >= 0.6 is 11.8 Å². The molecule has 1 heterocycles. The first-order chi connectivity index (χ1) is 13.2. The second kappa shape index (κ2) is 9.23. The van der Waals surface area contributed by atoms with Gasteiger partial charge in [0.2, 0.25) is 17.6 Å². The summed E-state index contributed by atoms with van der Waals surface area (Å²) in [6.07, 6.45) is 0. The minimum absolute atomic E-state index is 0.0375. The standard InChI is InChI=1S/C20H21N3O3S/c1-3-23(19(24)14-27-17-7-5-4-6-8-17)13-18-21-20(22-26-18)15-9-11-16(25-2)12-10-15/h4-12H,3,13-14H2,1-2H3. The molecule has 0 aliphatic heterocycles. The Balaban J connectivity index is 1.60. The van der Waals surface area contributed by atoms with Crippen molar-refractivity contribution in [2.75, 3.05) is 19.4 Å². The van der Waals surface area contributed by atoms with Gasteiger partial charge in [-0.25, -0.2) is 0 Å². The van der Waals surface area contributed by atoms with E-state index in [4.69, 9.17) is 9.26 Å². The van der Waals surface area contributed by atoms with Gasteiger partial charge in [-0.1, -0.05) is 23.4 Å². The highest BCUT2D eigenvalue weighted by molar-refractivity contribution is 8.00. The van der Waals surface area contributed by atoms with Gasteiger partial charge in [0.25, 0.3) is 0 Å². The Kier molecular flexibility index (Phi) is 6.49. The Hall–Kier alpha value is -2.80. The van der Waals surface area contributed by atoms with Crippen LogP contribution in [-0.2, 0) is 11.3 Å². The molecule has 0 fully saturated rings. The maximum Gasteiger partial charge on any atom is 0.246 e. The topological polar surface area (TPSA) is 68.5 Å². The van der Waals surface area contributed by atoms with Crippen molar-refractivity contribution >= 4 is 17.7 Å². The number of rotatable bonds is 8. The Morgan fingerprint density at radius 3 is 2.56 bits per heavy atom. The SMILES string of the molecule is CCN(Cc1nc(-c2ccc(OC)cc2)no1)C(=O)CSc1ccccc1. The normalized spacial score (nSPS) is 10.6. The molecular formula is C20H21N3O3S. The number of ether oxygens (including phenoxy) is 1. The molecule has 0 spiro atoms. The summed E-state index contributed by atoms with van der Waals surface area (Å²) >= 11 is 1.52. The van der Waals surface area contributed by atoms with E-state index in [1.807, 2.05) is 61.5 Å². The van der Waals surface area contributed by atoms with Crippen LogP contribution in [0.5, 0.6) is 5.75 Å². The lowest BCUT2D eigenvalue weighted by molar-refractivity contribution is -0.129. The van der Waals surface area contributed by atoms with Crippen LogP contribution in [0.3, 0.4) is 0 Å². The van der Waals surface area contributed by atoms with Crippen molar-refractivity contribution < 1.29 is 14.1 Å². The van der Waals surface area contributed by atoms with Crippen molar-refractivity contribution in [3.05, 3.63) is 60.5 Å². The summed E-state index contributed by atoms with van der Waals surface area (Å²) in [5, 5.41) is 4.01. The van der Waals surface area contributed by atoms with Crippen LogP contribution in [0.4, 0.5) is 0 Å². The molecule has 3 rings (SSSR count). The molecule has 0 bridgehead atoms. The highest BCUT2D eigenvalue weighted by Gasteiger charge is 2.17. The average molecular weight is 383 g/mol. The van der Waals surface area contributed by atoms with E-state index in [0.717, 1.165) is 16.2 Å². The molecule has 0 radical (unpaired) electrons. The van der Waals surface area contributed by atoms with Crippen LogP contribution in [0.15, 0.2) is 64.0 Å². The fourth-order valence-corrected chi connectivity index (χ4v) is 3.29. The Morgan fingerprint density at radius 2 is 1.89 bits per heavy atom. The third kappa shape index (κ3) is 5.10. The summed E-state index contributed by atoms with van der Waals surface area (Å²) in [6, 6.07) is 17.3. The molecule has 0 saturated carbocycles. The first-order valence-corrected chi connectivity index (χ1v) is 9.60. The van der Waals surface area contributed by atoms with Gasteiger partial charge in [-0.15, -0.1) is 11.8 Å². The number of carbonyl (C=O) groups is 1. The van der Waals surface area contributed by atoms with E-state index in [2.05, 4.69) is 10.1 Å². The number of methoxy groups -OCH3 is 1. The van der Waals surface area contributed by atoms with Crippen molar-refractivity contribution in [3.8, 4) is 17.1 Å². The van der Waals surface area contributed by atoms with Gasteiger partial charge in [0, 0.05) is 17.0 Å². The van der Waals surface area contributed by atoms with E-state index < -0.39 is 0 Å². The monoisotopic (exact) mass is 383 g/mol. The zero-order valence-electron chi connectivity index (χ0n) is 15.3. The van der Waals surface area contributed by atoms with E-state index in [-0.39, 0.29) is 5.91 Å². The molecule has 7 heteroatoms. The number of aromatic nitrogens is 2. The summed E-state index contributed by atoms with van der Waals surface area (Å²) in [7, 11) is 1.62. The fourth-order valence-electron chi connectivity index (χ4n) is 2.47. The molecule has 0 N–H and O–H groups in total. The predicted molar refractivity (Wildman–Crippen MR) is 105 cm³/mol. The fraction of sp³-hybridized carbons (Fsp3) is 0.250. The van der Waals surface area contributed by atoms with Gasteiger partial charge in [-0.2, -0.15) is 4.98 Å². The number of amides is 1. The summed E-state index contributed by atoms with van der Waals surface area (Å²) in [6.45, 7) is 2.81. The van der Waals surface area contributed by atoms with Crippen LogP contribution < -0.4 is 4.74 Å². The first-order valence-electron chi connectivity index (χ1n) is 8.62. The lowest BCUT2D eigenvalue weighted by Crippen LogP contribution is -2.31. The molecule has 27 heavy (non-hydrogen) atoms. The molecule has 3 aromatic rings. The molecule has 1 aromatic heterocycles. The first kappa shape index (κ1) is 19.0. The number of hydrogen-bond acceptors (Lipinski definition) is 6. The summed E-state index contributed by atoms with van der Waals surface area (Å²) in [4.78, 5) is 19.7. The van der Waals surface area contributed by atoms with Gasteiger partial charge in [0.05, 0.1) is 19.4 Å². The van der Waals surface area contributed by atoms with Gasteiger partial charge in [-0.05, 0) is 43.3 Å². The maximum absolute atomic E-state index is 12.5. The quantitative estimate of drug-likeness (QED) is 0.550. The molecule has 2 aromatic carbocycles. The molecule has 0 saturated heterocycles. The van der Waals surface area contributed by atoms with Gasteiger partial charge >= 0.3 is 0 Å². The van der Waals surface area contributed by atoms with Crippen LogP contribution in [0, 0.1) is 0 Å². The van der Waals surface area contributed by atoms with E-state index in [0.29, 0.717) is 30.6 Å². The second-order valence-corrected chi connectivity index (χ2v) is 6.80. The molecule has 1 amide bonds. The number of nitrogens with zero attached hydrogens (tertiary/aromatic N) is 3. The smallest absolute Gasteiger partial charge is 0.246 e. The molecule has 0 unspecified atom stereocenters. The van der Waals surface area contributed by atoms with Crippen LogP contribution in [0.2, 0.25) is 0 Å². The third-order valence-electron chi connectivity index (χ3n) is 3.98. The van der Waals surface area contributed by atoms with Crippen LogP contribution in [-0.4, -0.2) is 40.4 Å². The van der Waals surface area contributed by atoms with Gasteiger partial charge < -0.3 is 14.2 Å². The summed E-state index contributed by atoms with van der Waals surface area (Å²) < 4.78 is 10.5. The second-order valence-electron chi connectivity index (χ2n) is 5.75. The van der Waals surface area contributed by atoms with E-state index in [9.17, 15) is 4.79 Å². The largest absolute Gasteiger partial charge is 0.497 e. The summed E-state index contributed by atoms with van der Waals surface area (Å²) in [5.41, 5.74) is 0.833. The van der Waals surface area contributed by atoms with Crippen molar-refractivity contribution in [1.82, 2.24) is 15.0 Å². The lowest BCUT2D eigenvalue weighted by atomic mass is 10.2. The number of carbonyl (C=O) groups excluding carboxylic acids is 1. The Bertz CT molecular complexity index is 866. The number of benzene rings is 2. The predicted octanol–water partition coefficient (Wildman–Crippen LogP) is 3.89. The Morgan fingerprint density at radius 1 is 1.15 bits per heavy atom. The average Bonchev–Trinajstić information content (AvgIpc) is 3.19. The molecule has 0 aliphatic carbocycles. The van der Waals surface area contributed by atoms with Crippen molar-refractivity contribution in [2.24, 2.45) is 0 Å². The minimum Gasteiger partial charge on any atom is -0.497 e. The zero-order valence-corrected chi connectivity index (χ0v) is 16.1. The number of hydrogen-bond donors (Lipinski definition) is 0. The van der Waals surface area contributed by atoms with Gasteiger partial charge in [-0.3, -0.25) is 4.79 Å². The Labute approximate surface area is 162 Å². The minimum atomic E-state index is 0.0375. The zero-order chi connectivity index (χ0) is 19.1. The van der Waals surface area contributed by atoms with Crippen LogP contribution in [0.25, 0.3) is 11.4 Å². The highest BCUT2D eigenvalue weighted by Crippen LogP contribution is 2.21. The van der Waals surface area contributed by atoms with Gasteiger partial charge in [0.1, 0.15) is 5.75 Å². The van der Waals surface area contributed by atoms with E-state index in [1.54, 1.807) is 12.0 Å². The number of thioether (sulfide) groups is 1. The molecule has 0 atom stereocenters. The highest BCUT2D eigenvalue weighted by atomic mass is 32.2. The van der Waals surface area contributed by atoms with Crippen molar-refractivity contribution in [2.45, 2.75) is 18.4 Å². The third-order valence-corrected chi connectivity index (χ3v) is 4.98. The molecule has 6 nitrogen and oxygen atoms in total. The van der Waals surface area contributed by atoms with Crippen molar-refractivity contribution in [1.29, 1.82) is 0 Å². The lowest BCUT2D eigenvalue weighted by Gasteiger charge is -2.18. The summed E-state index contributed by atoms with van der Waals surface area (Å²) in [5.74, 6) is 2.09. The van der Waals surface area contributed by atoms with Crippen LogP contribution in [0.1, 0.15) is 12.8 Å². The van der Waals surface area contributed by atoms with Gasteiger partial charge in [0.15, 0.2) is 0 Å². The van der Waals surface area contributed by atoms with Crippen molar-refractivity contribution in [3.63, 3.8) is 0 Å². The molecular weight excluding hydrogens is 362 g/mol. The maximum atomic E-state index is 12.5. The van der Waals surface area contributed by atoms with E-state index in [1.165, 1.54) is 11.8 Å². The molecule has 0 aliphatic rings. The molecule has 140 valence electrons.